The van der Waals surface area contributed by atoms with Crippen LogP contribution in [0.15, 0.2) is 0 Å². The molecule has 10 saturated heterocycles. The second kappa shape index (κ2) is 50.2. The van der Waals surface area contributed by atoms with Crippen molar-refractivity contribution in [2.24, 2.45) is 0 Å². The van der Waals surface area contributed by atoms with Gasteiger partial charge < -0.3 is 275 Å². The van der Waals surface area contributed by atoms with E-state index in [0.717, 1.165) is 34.6 Å². The van der Waals surface area contributed by atoms with Gasteiger partial charge >= 0.3 is 0 Å². The number of aliphatic hydroxyl groups is 30. The first-order valence-electron chi connectivity index (χ1n) is 43.4. The molecule has 0 saturated carbocycles. The number of amides is 5. The van der Waals surface area contributed by atoms with Crippen LogP contribution in [0.2, 0.25) is 0 Å². The summed E-state index contributed by atoms with van der Waals surface area (Å²) in [7, 11) is 0. The smallest absolute Gasteiger partial charge is 0.217 e. The van der Waals surface area contributed by atoms with Gasteiger partial charge in [0, 0.05) is 34.6 Å². The topological polar surface area (TPSA) is 937 Å². The molecule has 10 rings (SSSR count). The summed E-state index contributed by atoms with van der Waals surface area (Å²) in [6.45, 7) is -7.24. The molecule has 10 aliphatic heterocycles. The SMILES string of the molecule is CC(=O)N[C@@H](CO)[C@@H](O)[C@H](OC1O[C@H](CO)[C@@H](OC2O[C@H](COC3O[C@H](CO)[C@@H](O)[C@H](O)[C@@H]3OC3O[C@H](CO)[C@@H](O)[C@H](O)[C@H]3NC(C)=O)[C@@H](O)[C@H](OC3O[C@H](CO)[C@@H](OC4O[C@H](CO)[C@@H](OC5O[C@H](CO)[C@H](O)[C@H](O)[C@H]5O)[C@H](O)[C@H]4NC(C)=O)[C@H](O)[C@@H]3OC3O[C@H](CO)[C@@H](OC4O[C@H](CO)[C@H](O)[C@H](O)[C@H]4O)[C@H](O)[C@H]3NC(C)=O)[C@@H]2O)[C@H](O)[C@H]1NC(C)=O)[C@H](O)COC1O[C@@H](C)[C@@H](O)[C@@H](O)[C@@H]1O. The number of carbonyl (C=O) groups is 5. The monoisotopic (exact) mass is 1990 g/mol. The Morgan fingerprint density at radius 2 is 0.581 bits per heavy atom. The maximum Gasteiger partial charge on any atom is 0.217 e. The first-order valence-corrected chi connectivity index (χ1v) is 43.4. The summed E-state index contributed by atoms with van der Waals surface area (Å²) in [5.74, 6) is -4.95. The lowest BCUT2D eigenvalue weighted by Gasteiger charge is -2.52. The number of rotatable bonds is 39. The van der Waals surface area contributed by atoms with E-state index in [2.05, 4.69) is 26.6 Å². The number of nitrogens with one attached hydrogen (secondary N) is 5. The molecule has 54 atom stereocenters. The van der Waals surface area contributed by atoms with E-state index in [1.165, 1.54) is 6.92 Å². The van der Waals surface area contributed by atoms with E-state index < -0.39 is 433 Å². The number of carbonyl (C=O) groups excluding carboxylic acids is 5. The maximum atomic E-state index is 13.4. The summed E-state index contributed by atoms with van der Waals surface area (Å²) in [6.07, 6.45) is -107. The van der Waals surface area contributed by atoms with E-state index in [1.54, 1.807) is 0 Å². The van der Waals surface area contributed by atoms with Gasteiger partial charge in [-0.3, -0.25) is 24.0 Å². The molecule has 788 valence electrons. The fraction of sp³-hybridized carbons (Fsp3) is 0.934. The zero-order valence-electron chi connectivity index (χ0n) is 73.6. The van der Waals surface area contributed by atoms with Crippen LogP contribution in [0.1, 0.15) is 41.5 Å². The van der Waals surface area contributed by atoms with Crippen LogP contribution in [0.4, 0.5) is 0 Å². The molecule has 60 nitrogen and oxygen atoms in total. The molecule has 0 aromatic carbocycles. The second-order valence-corrected chi connectivity index (χ2v) is 34.3. The van der Waals surface area contributed by atoms with Gasteiger partial charge in [-0.1, -0.05) is 0 Å². The van der Waals surface area contributed by atoms with Crippen molar-refractivity contribution in [1.29, 1.82) is 0 Å². The van der Waals surface area contributed by atoms with Gasteiger partial charge in [-0.25, -0.2) is 0 Å². The van der Waals surface area contributed by atoms with Gasteiger partial charge in [-0.05, 0) is 6.92 Å². The second-order valence-electron chi connectivity index (χ2n) is 34.3. The van der Waals surface area contributed by atoms with E-state index in [9.17, 15) is 177 Å². The van der Waals surface area contributed by atoms with E-state index in [-0.39, 0.29) is 0 Å². The van der Waals surface area contributed by atoms with Crippen LogP contribution >= 0.6 is 0 Å². The molecule has 0 radical (unpaired) electrons. The Morgan fingerprint density at radius 3 is 0.993 bits per heavy atom. The standard InChI is InChI=1S/C76H129N5O55/c1-18-39(97)50(108)54(112)71(119-18)117-16-25(96)59(40(98)24(7-82)77-19(2)91)129-68-36(79-21(4)93)47(105)62(32(14-89)124-68)133-74-58(116)64(45(103)34(128-74)17-118-75-65(53(111)44(102)29(11-86)123-75)135-67-35(78-20(3)92)46(104)41(99)26(8-83)120-67)134-76-66(136-70-38(81-23(6)95)49(107)61(31(13-88)126-70)132-73-56(114)52(110)43(101)28(10-85)122-73)57(115)63(33(15-90)127-76)130-69-37(80-22(5)94)48(106)60(30(12-87)125-69)131-72-55(113)51(109)42(100)27(9-84)121-72/h18,24-76,82-90,96-116H,7-17H2,1-6H3,(H,77,91)(H,78,92)(H,79,93)(H,80,94)(H,81,95)/t18-,24-,25+,26+,27+,28+,29+,30+,31+,32+,33+,34+,35+,36+,37+,38+,39+,40+,41+,42-,43-,44+,45+,46+,47+,48+,49+,50+,51-,52-,53-,54-,55+,56+,57-,58-,59+,60+,61+,62+,63+,64-,65-,66-,67?,68?,69?,70?,71?,72?,73?,74?,75?,76?/m0/s1. The van der Waals surface area contributed by atoms with Crippen LogP contribution in [0, 0.1) is 0 Å². The highest BCUT2D eigenvalue weighted by Gasteiger charge is 2.63. The van der Waals surface area contributed by atoms with Crippen molar-refractivity contribution in [2.45, 2.75) is 373 Å². The van der Waals surface area contributed by atoms with E-state index in [0.29, 0.717) is 0 Å². The summed E-state index contributed by atoms with van der Waals surface area (Å²) in [6, 6.07) is -9.96. The van der Waals surface area contributed by atoms with Crippen molar-refractivity contribution >= 4 is 29.5 Å². The van der Waals surface area contributed by atoms with Crippen LogP contribution in [0.3, 0.4) is 0 Å². The van der Waals surface area contributed by atoms with Crippen LogP contribution in [0.25, 0.3) is 0 Å². The van der Waals surface area contributed by atoms with Crippen molar-refractivity contribution in [3.05, 3.63) is 0 Å². The van der Waals surface area contributed by atoms with Crippen molar-refractivity contribution in [2.75, 3.05) is 72.7 Å². The Bertz CT molecular complexity index is 3710. The third kappa shape index (κ3) is 25.8. The molecule has 35 N–H and O–H groups in total. The van der Waals surface area contributed by atoms with Crippen molar-refractivity contribution in [1.82, 2.24) is 26.6 Å². The van der Waals surface area contributed by atoms with Crippen molar-refractivity contribution in [3.8, 4) is 0 Å². The largest absolute Gasteiger partial charge is 0.394 e. The highest BCUT2D eigenvalue weighted by atomic mass is 16.8. The lowest BCUT2D eigenvalue weighted by atomic mass is 9.93. The number of ether oxygens (including phenoxy) is 20. The average molecular weight is 1990 g/mol. The van der Waals surface area contributed by atoms with Gasteiger partial charge in [0.15, 0.2) is 62.9 Å². The third-order valence-electron chi connectivity index (χ3n) is 24.6. The van der Waals surface area contributed by atoms with Crippen LogP contribution in [-0.4, -0.2) is 587 Å². The minimum atomic E-state index is -2.77. The zero-order valence-corrected chi connectivity index (χ0v) is 73.6. The van der Waals surface area contributed by atoms with Crippen molar-refractivity contribution < 1.29 is 272 Å². The minimum absolute atomic E-state index is 0.864. The maximum absolute atomic E-state index is 13.4. The Kier molecular flexibility index (Phi) is 41.9. The molecule has 0 aromatic rings. The molecule has 10 aliphatic rings. The lowest BCUT2D eigenvalue weighted by Crippen LogP contribution is -2.71. The fourth-order valence-corrected chi connectivity index (χ4v) is 17.3. The normalized spacial score (nSPS) is 46.7. The first kappa shape index (κ1) is 113. The highest BCUT2D eigenvalue weighted by Crippen LogP contribution is 2.42. The molecular formula is C76H129N5O55. The molecule has 0 spiro atoms. The number of hydrogen-bond acceptors (Lipinski definition) is 55. The van der Waals surface area contributed by atoms with Gasteiger partial charge in [0.25, 0.3) is 0 Å². The number of aliphatic hydroxyl groups excluding tert-OH is 30. The molecule has 10 fully saturated rings. The van der Waals surface area contributed by atoms with Crippen LogP contribution in [-0.2, 0) is 119 Å². The van der Waals surface area contributed by atoms with Gasteiger partial charge in [-0.2, -0.15) is 0 Å². The number of hydrogen-bond donors (Lipinski definition) is 35. The molecule has 136 heavy (non-hydrogen) atoms. The summed E-state index contributed by atoms with van der Waals surface area (Å²) >= 11 is 0. The Labute approximate surface area is 771 Å². The van der Waals surface area contributed by atoms with Crippen molar-refractivity contribution in [3.63, 3.8) is 0 Å². The Hall–Kier alpha value is -4.65. The van der Waals surface area contributed by atoms with Crippen LogP contribution in [0.5, 0.6) is 0 Å². The van der Waals surface area contributed by atoms with E-state index in [1.807, 2.05) is 0 Å². The molecule has 0 bridgehead atoms. The van der Waals surface area contributed by atoms with Gasteiger partial charge in [0.1, 0.15) is 256 Å². The quantitative estimate of drug-likeness (QED) is 0.0272. The van der Waals surface area contributed by atoms with Gasteiger partial charge in [0.05, 0.1) is 84.8 Å². The average Bonchev–Trinajstić information content (AvgIpc) is 0.749. The predicted molar refractivity (Wildman–Crippen MR) is 421 cm³/mol. The third-order valence-corrected chi connectivity index (χ3v) is 24.6. The summed E-state index contributed by atoms with van der Waals surface area (Å²) in [5.41, 5.74) is 0. The molecule has 0 aliphatic carbocycles. The summed E-state index contributed by atoms with van der Waals surface area (Å²) in [4.78, 5) is 65.1. The highest BCUT2D eigenvalue weighted by molar-refractivity contribution is 5.75. The van der Waals surface area contributed by atoms with Gasteiger partial charge in [-0.15, -0.1) is 0 Å². The van der Waals surface area contributed by atoms with Gasteiger partial charge in [0.2, 0.25) is 29.5 Å². The fourth-order valence-electron chi connectivity index (χ4n) is 17.3. The van der Waals surface area contributed by atoms with E-state index in [4.69, 9.17) is 94.7 Å². The Morgan fingerprint density at radius 1 is 0.272 bits per heavy atom. The molecular weight excluding hydrogens is 1860 g/mol. The Balaban J connectivity index is 1.06. The summed E-state index contributed by atoms with van der Waals surface area (Å²) < 4.78 is 120. The minimum Gasteiger partial charge on any atom is -0.394 e. The van der Waals surface area contributed by atoms with E-state index >= 15 is 0 Å². The lowest BCUT2D eigenvalue weighted by molar-refractivity contribution is -0.406. The zero-order chi connectivity index (χ0) is 101. The predicted octanol–water partition coefficient (Wildman–Crippen LogP) is -23.6. The molecule has 5 amide bonds. The molecule has 10 unspecified atom stereocenters. The molecule has 60 heteroatoms. The first-order chi connectivity index (χ1) is 64.3. The summed E-state index contributed by atoms with van der Waals surface area (Å²) in [5, 5.41) is 350. The van der Waals surface area contributed by atoms with Crippen LogP contribution < -0.4 is 26.6 Å². The molecule has 10 heterocycles. The molecule has 0 aromatic heterocycles.